The second-order valence-electron chi connectivity index (χ2n) is 6.97. The van der Waals surface area contributed by atoms with Crippen LogP contribution in [-0.4, -0.2) is 51.5 Å². The van der Waals surface area contributed by atoms with Crippen LogP contribution in [0.15, 0.2) is 30.3 Å². The highest BCUT2D eigenvalue weighted by atomic mass is 15.5. The first kappa shape index (κ1) is 15.9. The van der Waals surface area contributed by atoms with Crippen LogP contribution in [0.5, 0.6) is 0 Å². The first-order valence-electron chi connectivity index (χ1n) is 8.00. The molecule has 9 heteroatoms. The Kier molecular flexibility index (Phi) is 4.06. The van der Waals surface area contributed by atoms with Crippen molar-refractivity contribution in [3.05, 3.63) is 30.3 Å². The molecule has 2 heterocycles. The van der Waals surface area contributed by atoms with Crippen molar-refractivity contribution in [3.8, 4) is 0 Å². The molecule has 120 valence electrons. The molecule has 0 radical (unpaired) electrons. The number of aromatic amines is 1. The lowest BCUT2D eigenvalue weighted by atomic mass is 9.54. The van der Waals surface area contributed by atoms with Gasteiger partial charge in [-0.1, -0.05) is 36.9 Å². The van der Waals surface area contributed by atoms with E-state index in [0.29, 0.717) is 5.95 Å². The normalized spacial score (nSPS) is 17.1. The van der Waals surface area contributed by atoms with Crippen LogP contribution < -0.4 is 9.62 Å². The van der Waals surface area contributed by atoms with Gasteiger partial charge in [0.1, 0.15) is 0 Å². The fourth-order valence-corrected chi connectivity index (χ4v) is 3.56. The van der Waals surface area contributed by atoms with Gasteiger partial charge in [0.15, 0.2) is 0 Å². The number of hydrogen-bond donors (Lipinski definition) is 1. The summed E-state index contributed by atoms with van der Waals surface area (Å²) in [5.74, 6) is 0.625. The van der Waals surface area contributed by atoms with Crippen LogP contribution in [0, 0.1) is 0 Å². The molecule has 0 atom stereocenters. The summed E-state index contributed by atoms with van der Waals surface area (Å²) < 4.78 is 2.47. The van der Waals surface area contributed by atoms with Crippen LogP contribution in [0.2, 0.25) is 13.6 Å². The number of nitrogens with one attached hydrogen (secondary N) is 1. The number of para-hydroxylation sites is 1. The van der Waals surface area contributed by atoms with Gasteiger partial charge in [0.2, 0.25) is 0 Å². The van der Waals surface area contributed by atoms with Crippen molar-refractivity contribution in [3.63, 3.8) is 0 Å². The van der Waals surface area contributed by atoms with E-state index in [9.17, 15) is 0 Å². The lowest BCUT2D eigenvalue weighted by molar-refractivity contribution is 0.352. The van der Waals surface area contributed by atoms with E-state index in [1.54, 1.807) is 0 Å². The zero-order valence-corrected chi connectivity index (χ0v) is 14.4. The summed E-state index contributed by atoms with van der Waals surface area (Å²) in [4.78, 5) is 4.53. The number of tetrazole rings is 1. The van der Waals surface area contributed by atoms with E-state index in [-0.39, 0.29) is 19.5 Å². The molecule has 0 amide bonds. The number of anilines is 2. The van der Waals surface area contributed by atoms with Gasteiger partial charge in [-0.15, -0.1) is 5.10 Å². The molecule has 1 aliphatic rings. The van der Waals surface area contributed by atoms with E-state index in [1.807, 2.05) is 6.07 Å². The van der Waals surface area contributed by atoms with Gasteiger partial charge in [-0.2, -0.15) is 5.21 Å². The highest BCUT2D eigenvalue weighted by Gasteiger charge is 2.46. The van der Waals surface area contributed by atoms with Crippen LogP contribution in [0.3, 0.4) is 0 Å². The lowest BCUT2D eigenvalue weighted by Gasteiger charge is -2.54. The molecule has 0 aliphatic carbocycles. The van der Waals surface area contributed by atoms with Gasteiger partial charge >= 0.3 is 14.0 Å². The van der Waals surface area contributed by atoms with Crippen molar-refractivity contribution in [2.75, 3.05) is 16.3 Å². The third-order valence-electron chi connectivity index (χ3n) is 4.47. The Morgan fingerprint density at radius 2 is 1.70 bits per heavy atom. The van der Waals surface area contributed by atoms with Crippen LogP contribution in [0.1, 0.15) is 20.8 Å². The van der Waals surface area contributed by atoms with Gasteiger partial charge in [0, 0.05) is 5.69 Å². The van der Waals surface area contributed by atoms with E-state index in [1.165, 1.54) is 5.69 Å². The summed E-state index contributed by atoms with van der Waals surface area (Å²) in [7, 11) is 0. The number of benzene rings is 1. The van der Waals surface area contributed by atoms with Crippen molar-refractivity contribution < 1.29 is 0 Å². The fraction of sp³-hybridized carbons (Fsp3) is 0.500. The minimum atomic E-state index is 0.00820. The summed E-state index contributed by atoms with van der Waals surface area (Å²) in [6.07, 6.45) is 0. The molecule has 0 bridgehead atoms. The number of aromatic nitrogens is 4. The molecule has 1 N–H and O–H groups in total. The maximum Gasteiger partial charge on any atom is 0.334 e. The Hall–Kier alpha value is -2.02. The topological polar surface area (TPSA) is 64.2 Å². The average Bonchev–Trinajstić information content (AvgIpc) is 3.01. The number of hydrogen-bond acceptors (Lipinski definition) is 6. The second kappa shape index (κ2) is 5.88. The molecular formula is C14H23B2N7. The molecule has 0 saturated carbocycles. The molecule has 0 spiro atoms. The molecule has 0 unspecified atom stereocenters. The molecule has 1 aromatic heterocycles. The van der Waals surface area contributed by atoms with E-state index in [2.05, 4.69) is 93.7 Å². The fourth-order valence-electron chi connectivity index (χ4n) is 3.56. The summed E-state index contributed by atoms with van der Waals surface area (Å²) >= 11 is 0. The van der Waals surface area contributed by atoms with Crippen LogP contribution in [0.25, 0.3) is 0 Å². The maximum atomic E-state index is 4.19. The van der Waals surface area contributed by atoms with Crippen molar-refractivity contribution in [1.82, 2.24) is 25.3 Å². The highest BCUT2D eigenvalue weighted by Crippen LogP contribution is 2.29. The first-order valence-corrected chi connectivity index (χ1v) is 8.00. The number of H-pyrrole nitrogens is 1. The molecule has 7 nitrogen and oxygen atoms in total. The van der Waals surface area contributed by atoms with Crippen LogP contribution in [-0.2, 0) is 0 Å². The largest absolute Gasteiger partial charge is 0.386 e. The third kappa shape index (κ3) is 2.93. The number of nitrogens with zero attached hydrogens (tertiary/aromatic N) is 6. The molecule has 1 saturated heterocycles. The Labute approximate surface area is 138 Å². The minimum Gasteiger partial charge on any atom is -0.386 e. The van der Waals surface area contributed by atoms with E-state index in [0.717, 1.165) is 6.67 Å². The molecule has 23 heavy (non-hydrogen) atoms. The predicted octanol–water partition coefficient (Wildman–Crippen LogP) is 1.82. The molecule has 2 aromatic rings. The summed E-state index contributed by atoms with van der Waals surface area (Å²) in [6, 6.07) is 10.5. The second-order valence-corrected chi connectivity index (χ2v) is 6.97. The zero-order chi connectivity index (χ0) is 16.6. The Bertz CT molecular complexity index is 628. The van der Waals surface area contributed by atoms with E-state index < -0.39 is 0 Å². The predicted molar refractivity (Wildman–Crippen MR) is 95.3 cm³/mol. The lowest BCUT2D eigenvalue weighted by Crippen LogP contribution is -2.74. The molecular weight excluding hydrogens is 288 g/mol. The minimum absolute atomic E-state index is 0.00820. The maximum absolute atomic E-state index is 4.19. The quantitative estimate of drug-likeness (QED) is 0.854. The van der Waals surface area contributed by atoms with Gasteiger partial charge in [0.25, 0.3) is 5.95 Å². The highest BCUT2D eigenvalue weighted by molar-refractivity contribution is 6.77. The van der Waals surface area contributed by atoms with Crippen molar-refractivity contribution >= 4 is 25.6 Å². The van der Waals surface area contributed by atoms with Gasteiger partial charge in [0.05, 0.1) is 6.67 Å². The van der Waals surface area contributed by atoms with Gasteiger partial charge in [-0.05, 0) is 43.7 Å². The monoisotopic (exact) mass is 311 g/mol. The summed E-state index contributed by atoms with van der Waals surface area (Å²) in [6.45, 7) is 12.3. The Morgan fingerprint density at radius 3 is 2.26 bits per heavy atom. The standard InChI is InChI=1S/C14H23B2N7/c1-14(2,3)23-15(4)21(12-9-7-6-8-10-12)11-22(16(23)5)13-17-19-20-18-13/h6-10H,11H2,1-5H3,(H,17,18,19,20). The zero-order valence-electron chi connectivity index (χ0n) is 14.4. The third-order valence-corrected chi connectivity index (χ3v) is 4.47. The Morgan fingerprint density at radius 1 is 1.04 bits per heavy atom. The van der Waals surface area contributed by atoms with Crippen molar-refractivity contribution in [2.45, 2.75) is 40.0 Å². The smallest absolute Gasteiger partial charge is 0.334 e. The molecule has 3 rings (SSSR count). The van der Waals surface area contributed by atoms with E-state index >= 15 is 0 Å². The summed E-state index contributed by atoms with van der Waals surface area (Å²) in [5, 5.41) is 14.6. The molecule has 1 aromatic carbocycles. The summed E-state index contributed by atoms with van der Waals surface area (Å²) in [5.41, 5.74) is 1.20. The van der Waals surface area contributed by atoms with Gasteiger partial charge < -0.3 is 14.3 Å². The van der Waals surface area contributed by atoms with Crippen LogP contribution in [0.4, 0.5) is 11.6 Å². The number of rotatable bonds is 2. The molecule has 1 aliphatic heterocycles. The average molecular weight is 311 g/mol. The van der Waals surface area contributed by atoms with Crippen molar-refractivity contribution in [1.29, 1.82) is 0 Å². The van der Waals surface area contributed by atoms with Gasteiger partial charge in [-0.25, -0.2) is 0 Å². The van der Waals surface area contributed by atoms with Crippen molar-refractivity contribution in [2.24, 2.45) is 0 Å². The SMILES string of the molecule is CB1N(c2ccccc2)CN(c2nn[nH]n2)B(C)N1C(C)(C)C. The first-order chi connectivity index (χ1) is 10.9. The molecule has 1 fully saturated rings. The van der Waals surface area contributed by atoms with E-state index in [4.69, 9.17) is 0 Å². The van der Waals surface area contributed by atoms with Gasteiger partial charge in [-0.3, -0.25) is 0 Å². The van der Waals surface area contributed by atoms with Crippen LogP contribution >= 0.6 is 0 Å². The Balaban J connectivity index is 2.01.